The first-order chi connectivity index (χ1) is 31.5. The number of carbonyl (C=O) groups is 3. The van der Waals surface area contributed by atoms with Crippen molar-refractivity contribution >= 4 is 17.9 Å². The highest BCUT2D eigenvalue weighted by molar-refractivity contribution is 5.71. The van der Waals surface area contributed by atoms with Crippen molar-refractivity contribution in [2.45, 2.75) is 252 Å². The molecule has 6 heteroatoms. The third kappa shape index (κ3) is 49.6. The maximum Gasteiger partial charge on any atom is 0.306 e. The smallest absolute Gasteiger partial charge is 0.306 e. The van der Waals surface area contributed by atoms with E-state index in [0.717, 1.165) is 135 Å². The number of ether oxygens (including phenoxy) is 3. The molecule has 0 N–H and O–H groups in total. The van der Waals surface area contributed by atoms with Gasteiger partial charge < -0.3 is 14.2 Å². The summed E-state index contributed by atoms with van der Waals surface area (Å²) in [5.41, 5.74) is 0. The molecule has 0 saturated heterocycles. The first-order valence-corrected chi connectivity index (χ1v) is 26.6. The average Bonchev–Trinajstić information content (AvgIpc) is 3.29. The molecule has 0 fully saturated rings. The second-order valence-corrected chi connectivity index (χ2v) is 17.4. The molecule has 0 saturated carbocycles. The molecule has 0 aliphatic carbocycles. The molecule has 0 aromatic rings. The summed E-state index contributed by atoms with van der Waals surface area (Å²) in [7, 11) is 0. The zero-order chi connectivity index (χ0) is 46.5. The van der Waals surface area contributed by atoms with Crippen LogP contribution in [0, 0.1) is 0 Å². The van der Waals surface area contributed by atoms with Crippen LogP contribution in [0.3, 0.4) is 0 Å². The van der Waals surface area contributed by atoms with Crippen LogP contribution in [0.1, 0.15) is 245 Å². The molecule has 1 unspecified atom stereocenters. The van der Waals surface area contributed by atoms with Gasteiger partial charge >= 0.3 is 17.9 Å². The Labute approximate surface area is 395 Å². The van der Waals surface area contributed by atoms with Gasteiger partial charge in [-0.05, 0) is 89.9 Å². The zero-order valence-electron chi connectivity index (χ0n) is 41.8. The van der Waals surface area contributed by atoms with Gasteiger partial charge in [-0.15, -0.1) is 0 Å². The third-order valence-corrected chi connectivity index (χ3v) is 11.1. The molecule has 0 bridgehead atoms. The normalized spacial score (nSPS) is 12.7. The topological polar surface area (TPSA) is 78.9 Å². The minimum atomic E-state index is -0.790. The quantitative estimate of drug-likeness (QED) is 0.0262. The Kier molecular flexibility index (Phi) is 49.4. The highest BCUT2D eigenvalue weighted by Crippen LogP contribution is 2.14. The van der Waals surface area contributed by atoms with Crippen molar-refractivity contribution in [2.75, 3.05) is 13.2 Å². The summed E-state index contributed by atoms with van der Waals surface area (Å²) in [5, 5.41) is 0. The molecule has 1 atom stereocenters. The Hall–Kier alpha value is -3.41. The van der Waals surface area contributed by atoms with Crippen molar-refractivity contribution in [3.63, 3.8) is 0 Å². The minimum absolute atomic E-state index is 0.0875. The number of allylic oxidation sites excluding steroid dienone is 14. The van der Waals surface area contributed by atoms with Crippen LogP contribution in [0.25, 0.3) is 0 Å². The Balaban J connectivity index is 4.39. The summed E-state index contributed by atoms with van der Waals surface area (Å²) in [6.07, 6.45) is 67.0. The van der Waals surface area contributed by atoms with E-state index in [1.807, 2.05) is 0 Å². The van der Waals surface area contributed by atoms with Crippen molar-refractivity contribution < 1.29 is 28.6 Å². The van der Waals surface area contributed by atoms with Gasteiger partial charge in [-0.2, -0.15) is 0 Å². The molecule has 0 spiro atoms. The van der Waals surface area contributed by atoms with Gasteiger partial charge in [0, 0.05) is 19.3 Å². The Morgan fingerprint density at radius 2 is 0.625 bits per heavy atom. The molecule has 0 amide bonds. The fourth-order valence-corrected chi connectivity index (χ4v) is 7.13. The van der Waals surface area contributed by atoms with Crippen molar-refractivity contribution in [1.82, 2.24) is 0 Å². The van der Waals surface area contributed by atoms with Gasteiger partial charge in [0.15, 0.2) is 6.10 Å². The molecular formula is C58H98O6. The molecule has 366 valence electrons. The van der Waals surface area contributed by atoms with E-state index in [1.165, 1.54) is 70.6 Å². The van der Waals surface area contributed by atoms with Crippen LogP contribution in [0.15, 0.2) is 85.1 Å². The van der Waals surface area contributed by atoms with Gasteiger partial charge in [0.1, 0.15) is 13.2 Å². The number of hydrogen-bond acceptors (Lipinski definition) is 6. The van der Waals surface area contributed by atoms with E-state index in [1.54, 1.807) is 0 Å². The number of rotatable bonds is 47. The summed E-state index contributed by atoms with van der Waals surface area (Å²) in [4.78, 5) is 38.0. The predicted octanol–water partition coefficient (Wildman–Crippen LogP) is 17.6. The molecule has 0 radical (unpaired) electrons. The molecule has 0 aromatic carbocycles. The number of esters is 3. The predicted molar refractivity (Wildman–Crippen MR) is 274 cm³/mol. The number of carbonyl (C=O) groups excluding carboxylic acids is 3. The highest BCUT2D eigenvalue weighted by Gasteiger charge is 2.19. The lowest BCUT2D eigenvalue weighted by atomic mass is 10.1. The van der Waals surface area contributed by atoms with E-state index in [2.05, 4.69) is 106 Å². The molecule has 0 heterocycles. The molecule has 0 aliphatic rings. The lowest BCUT2D eigenvalue weighted by Crippen LogP contribution is -2.30. The van der Waals surface area contributed by atoms with Crippen LogP contribution < -0.4 is 0 Å². The first kappa shape index (κ1) is 60.6. The van der Waals surface area contributed by atoms with Gasteiger partial charge in [-0.25, -0.2) is 0 Å². The zero-order valence-corrected chi connectivity index (χ0v) is 41.8. The molecule has 0 rings (SSSR count). The largest absolute Gasteiger partial charge is 0.462 e. The van der Waals surface area contributed by atoms with Crippen LogP contribution in [-0.4, -0.2) is 37.2 Å². The highest BCUT2D eigenvalue weighted by atomic mass is 16.6. The molecule has 0 aromatic heterocycles. The second kappa shape index (κ2) is 52.2. The van der Waals surface area contributed by atoms with Gasteiger partial charge in [0.2, 0.25) is 0 Å². The van der Waals surface area contributed by atoms with Crippen molar-refractivity contribution in [1.29, 1.82) is 0 Å². The number of unbranched alkanes of at least 4 members (excludes halogenated alkanes) is 22. The van der Waals surface area contributed by atoms with Crippen LogP contribution in [0.2, 0.25) is 0 Å². The lowest BCUT2D eigenvalue weighted by Gasteiger charge is -2.18. The average molecular weight is 891 g/mol. The fourth-order valence-electron chi connectivity index (χ4n) is 7.13. The standard InChI is InChI=1S/C58H98O6/c1-4-7-10-13-16-19-22-24-26-27-28-29-30-31-32-34-36-39-42-45-48-51-57(60)63-54-55(53-62-56(59)50-47-44-41-38-35-21-18-15-12-9-6-3)64-58(61)52-49-46-43-40-37-33-25-23-20-17-14-11-8-5-2/h7,10,14,16-17,19,23-26,28-29,31-32,55H,4-6,8-9,11-13,15,18,20-22,27,30,33-54H2,1-3H3/b10-7-,17-14-,19-16-,25-23-,26-24-,29-28-,32-31-. The SMILES string of the molecule is CC/C=C\C/C=C\C/C=C\C/C=C\C/C=C\CCCCCCCC(=O)OCC(COC(=O)CCCCCCCCCCCCC)OC(=O)CCCCCCC/C=C\C/C=C\CCCC. The first-order valence-electron chi connectivity index (χ1n) is 26.6. The van der Waals surface area contributed by atoms with Gasteiger partial charge in [-0.3, -0.25) is 14.4 Å². The molecular weight excluding hydrogens is 793 g/mol. The number of hydrogen-bond donors (Lipinski definition) is 0. The molecule has 0 aliphatic heterocycles. The molecule has 64 heavy (non-hydrogen) atoms. The van der Waals surface area contributed by atoms with Gasteiger partial charge in [0.25, 0.3) is 0 Å². The Bertz CT molecular complexity index is 1250. The summed E-state index contributed by atoms with van der Waals surface area (Å²) in [6, 6.07) is 0. The summed E-state index contributed by atoms with van der Waals surface area (Å²) < 4.78 is 16.8. The Morgan fingerprint density at radius 3 is 1.00 bits per heavy atom. The summed E-state index contributed by atoms with van der Waals surface area (Å²) >= 11 is 0. The summed E-state index contributed by atoms with van der Waals surface area (Å²) in [5.74, 6) is -0.921. The van der Waals surface area contributed by atoms with E-state index >= 15 is 0 Å². The van der Waals surface area contributed by atoms with E-state index in [0.29, 0.717) is 19.3 Å². The van der Waals surface area contributed by atoms with E-state index in [-0.39, 0.29) is 31.1 Å². The van der Waals surface area contributed by atoms with Crippen LogP contribution in [-0.2, 0) is 28.6 Å². The maximum atomic E-state index is 12.8. The monoisotopic (exact) mass is 891 g/mol. The van der Waals surface area contributed by atoms with E-state index < -0.39 is 6.10 Å². The van der Waals surface area contributed by atoms with Crippen molar-refractivity contribution in [3.05, 3.63) is 85.1 Å². The molecule has 6 nitrogen and oxygen atoms in total. The van der Waals surface area contributed by atoms with Crippen molar-refractivity contribution in [2.24, 2.45) is 0 Å². The fraction of sp³-hybridized carbons (Fsp3) is 0.707. The van der Waals surface area contributed by atoms with Crippen LogP contribution in [0.5, 0.6) is 0 Å². The van der Waals surface area contributed by atoms with Crippen LogP contribution in [0.4, 0.5) is 0 Å². The summed E-state index contributed by atoms with van der Waals surface area (Å²) in [6.45, 7) is 6.45. The maximum absolute atomic E-state index is 12.8. The van der Waals surface area contributed by atoms with Crippen LogP contribution >= 0.6 is 0 Å². The van der Waals surface area contributed by atoms with Crippen molar-refractivity contribution in [3.8, 4) is 0 Å². The van der Waals surface area contributed by atoms with E-state index in [4.69, 9.17) is 14.2 Å². The van der Waals surface area contributed by atoms with Gasteiger partial charge in [0.05, 0.1) is 0 Å². The lowest BCUT2D eigenvalue weighted by molar-refractivity contribution is -0.167. The second-order valence-electron chi connectivity index (χ2n) is 17.4. The van der Waals surface area contributed by atoms with Gasteiger partial charge in [-0.1, -0.05) is 221 Å². The Morgan fingerprint density at radius 1 is 0.328 bits per heavy atom. The minimum Gasteiger partial charge on any atom is -0.462 e. The van der Waals surface area contributed by atoms with E-state index in [9.17, 15) is 14.4 Å². The third-order valence-electron chi connectivity index (χ3n) is 11.1.